The summed E-state index contributed by atoms with van der Waals surface area (Å²) >= 11 is 0. The summed E-state index contributed by atoms with van der Waals surface area (Å²) in [5, 5.41) is 3.45. The van der Waals surface area contributed by atoms with E-state index < -0.39 is 10.8 Å². The first-order valence-electron chi connectivity index (χ1n) is 6.44. The first-order chi connectivity index (χ1) is 8.72. The minimum atomic E-state index is -0.703. The highest BCUT2D eigenvalue weighted by molar-refractivity contribution is 7.84. The molecule has 102 valence electrons. The Morgan fingerprint density at radius 3 is 2.67 bits per heavy atom. The molecule has 0 bridgehead atoms. The van der Waals surface area contributed by atoms with Crippen molar-refractivity contribution in [3.05, 3.63) is 29.8 Å². The third-order valence-corrected chi connectivity index (χ3v) is 4.27. The summed E-state index contributed by atoms with van der Waals surface area (Å²) in [6, 6.07) is 8.31. The van der Waals surface area contributed by atoms with Crippen molar-refractivity contribution in [2.45, 2.75) is 26.3 Å². The average molecular weight is 269 g/mol. The van der Waals surface area contributed by atoms with Gasteiger partial charge < -0.3 is 10.1 Å². The van der Waals surface area contributed by atoms with Gasteiger partial charge in [0.2, 0.25) is 0 Å². The lowest BCUT2D eigenvalue weighted by Gasteiger charge is -2.19. The quantitative estimate of drug-likeness (QED) is 0.788. The van der Waals surface area contributed by atoms with Crippen LogP contribution in [0.4, 0.5) is 0 Å². The largest absolute Gasteiger partial charge is 0.496 e. The maximum atomic E-state index is 11.4. The van der Waals surface area contributed by atoms with Gasteiger partial charge in [0.1, 0.15) is 5.75 Å². The topological polar surface area (TPSA) is 38.3 Å². The molecule has 1 aromatic carbocycles. The first kappa shape index (κ1) is 15.2. The highest BCUT2D eigenvalue weighted by atomic mass is 32.2. The molecular formula is C14H23NO2S. The SMILES string of the molecule is CCC(NCCS(=O)CC)c1ccccc1OC. The summed E-state index contributed by atoms with van der Waals surface area (Å²) < 4.78 is 16.8. The van der Waals surface area contributed by atoms with Crippen LogP contribution in [0.25, 0.3) is 0 Å². The molecule has 0 aliphatic heterocycles. The van der Waals surface area contributed by atoms with E-state index in [2.05, 4.69) is 18.3 Å². The van der Waals surface area contributed by atoms with E-state index in [1.165, 1.54) is 5.56 Å². The first-order valence-corrected chi connectivity index (χ1v) is 7.93. The van der Waals surface area contributed by atoms with Gasteiger partial charge in [0.25, 0.3) is 0 Å². The molecule has 0 saturated heterocycles. The molecule has 2 unspecified atom stereocenters. The van der Waals surface area contributed by atoms with Gasteiger partial charge in [0.05, 0.1) is 7.11 Å². The van der Waals surface area contributed by atoms with E-state index in [9.17, 15) is 4.21 Å². The van der Waals surface area contributed by atoms with Crippen molar-refractivity contribution in [3.63, 3.8) is 0 Å². The lowest BCUT2D eigenvalue weighted by molar-refractivity contribution is 0.398. The maximum absolute atomic E-state index is 11.4. The van der Waals surface area contributed by atoms with Crippen molar-refractivity contribution in [3.8, 4) is 5.75 Å². The standard InChI is InChI=1S/C14H23NO2S/c1-4-13(15-10-11-18(16)5-2)12-8-6-7-9-14(12)17-3/h6-9,13,15H,4-5,10-11H2,1-3H3. The molecule has 0 radical (unpaired) electrons. The zero-order valence-electron chi connectivity index (χ0n) is 11.4. The van der Waals surface area contributed by atoms with Crippen molar-refractivity contribution in [1.82, 2.24) is 5.32 Å². The number of benzene rings is 1. The third kappa shape index (κ3) is 4.42. The van der Waals surface area contributed by atoms with Gasteiger partial charge in [0, 0.05) is 40.5 Å². The van der Waals surface area contributed by atoms with E-state index in [1.54, 1.807) is 7.11 Å². The minimum Gasteiger partial charge on any atom is -0.496 e. The summed E-state index contributed by atoms with van der Waals surface area (Å²) in [5.41, 5.74) is 1.17. The van der Waals surface area contributed by atoms with Gasteiger partial charge in [0.15, 0.2) is 0 Å². The maximum Gasteiger partial charge on any atom is 0.123 e. The number of nitrogens with one attached hydrogen (secondary N) is 1. The Labute approximate surface area is 112 Å². The van der Waals surface area contributed by atoms with Crippen LogP contribution in [0.2, 0.25) is 0 Å². The molecule has 0 heterocycles. The Morgan fingerprint density at radius 1 is 1.33 bits per heavy atom. The molecule has 4 heteroatoms. The van der Waals surface area contributed by atoms with E-state index >= 15 is 0 Å². The third-order valence-electron chi connectivity index (χ3n) is 2.97. The molecule has 0 aliphatic rings. The number of hydrogen-bond acceptors (Lipinski definition) is 3. The summed E-state index contributed by atoms with van der Waals surface area (Å²) in [6.07, 6.45) is 0.985. The van der Waals surface area contributed by atoms with Crippen molar-refractivity contribution >= 4 is 10.8 Å². The summed E-state index contributed by atoms with van der Waals surface area (Å²) in [5.74, 6) is 2.35. The molecule has 0 aliphatic carbocycles. The Hall–Kier alpha value is -0.870. The molecular weight excluding hydrogens is 246 g/mol. The van der Waals surface area contributed by atoms with Gasteiger partial charge in [-0.25, -0.2) is 0 Å². The van der Waals surface area contributed by atoms with Crippen LogP contribution < -0.4 is 10.1 Å². The Bertz CT molecular complexity index is 382. The fourth-order valence-corrected chi connectivity index (χ4v) is 2.55. The predicted octanol–water partition coefficient (Wildman–Crippen LogP) is 2.50. The molecule has 18 heavy (non-hydrogen) atoms. The molecule has 1 aromatic rings. The Morgan fingerprint density at radius 2 is 2.06 bits per heavy atom. The molecule has 2 atom stereocenters. The highest BCUT2D eigenvalue weighted by Gasteiger charge is 2.13. The van der Waals surface area contributed by atoms with E-state index in [0.29, 0.717) is 5.75 Å². The van der Waals surface area contributed by atoms with E-state index in [4.69, 9.17) is 4.74 Å². The summed E-state index contributed by atoms with van der Waals surface area (Å²) in [4.78, 5) is 0. The van der Waals surface area contributed by atoms with Crippen LogP contribution in [-0.2, 0) is 10.8 Å². The number of rotatable bonds is 8. The molecule has 0 spiro atoms. The van der Waals surface area contributed by atoms with Gasteiger partial charge in [-0.15, -0.1) is 0 Å². The van der Waals surface area contributed by atoms with E-state index in [-0.39, 0.29) is 6.04 Å². The molecule has 3 nitrogen and oxygen atoms in total. The van der Waals surface area contributed by atoms with Crippen LogP contribution in [0.1, 0.15) is 31.9 Å². The van der Waals surface area contributed by atoms with Crippen molar-refractivity contribution in [1.29, 1.82) is 0 Å². The molecule has 0 amide bonds. The lowest BCUT2D eigenvalue weighted by Crippen LogP contribution is -2.26. The molecule has 1 N–H and O–H groups in total. The van der Waals surface area contributed by atoms with Crippen LogP contribution in [0.3, 0.4) is 0 Å². The van der Waals surface area contributed by atoms with Crippen LogP contribution in [0, 0.1) is 0 Å². The number of ether oxygens (including phenoxy) is 1. The normalized spacial score (nSPS) is 14.2. The van der Waals surface area contributed by atoms with Crippen molar-refractivity contribution in [2.75, 3.05) is 25.2 Å². The van der Waals surface area contributed by atoms with Crippen molar-refractivity contribution < 1.29 is 8.95 Å². The summed E-state index contributed by atoms with van der Waals surface area (Å²) in [7, 11) is 0.989. The van der Waals surface area contributed by atoms with Crippen LogP contribution >= 0.6 is 0 Å². The van der Waals surface area contributed by atoms with Gasteiger partial charge in [-0.3, -0.25) is 4.21 Å². The fraction of sp³-hybridized carbons (Fsp3) is 0.571. The fourth-order valence-electron chi connectivity index (χ4n) is 1.92. The molecule has 1 rings (SSSR count). The summed E-state index contributed by atoms with van der Waals surface area (Å²) in [6.45, 7) is 4.87. The number of methoxy groups -OCH3 is 1. The van der Waals surface area contributed by atoms with Crippen LogP contribution in [0.5, 0.6) is 5.75 Å². The highest BCUT2D eigenvalue weighted by Crippen LogP contribution is 2.26. The van der Waals surface area contributed by atoms with Gasteiger partial charge in [-0.05, 0) is 12.5 Å². The molecule has 0 fully saturated rings. The molecule has 0 saturated carbocycles. The van der Waals surface area contributed by atoms with Gasteiger partial charge in [-0.2, -0.15) is 0 Å². The number of hydrogen-bond donors (Lipinski definition) is 1. The van der Waals surface area contributed by atoms with E-state index in [0.717, 1.165) is 24.5 Å². The minimum absolute atomic E-state index is 0.259. The molecule has 0 aromatic heterocycles. The number of para-hydroxylation sites is 1. The van der Waals surface area contributed by atoms with Crippen LogP contribution in [0.15, 0.2) is 24.3 Å². The Balaban J connectivity index is 2.62. The lowest BCUT2D eigenvalue weighted by atomic mass is 10.0. The Kier molecular flexibility index (Phi) is 6.98. The van der Waals surface area contributed by atoms with Crippen molar-refractivity contribution in [2.24, 2.45) is 0 Å². The second-order valence-corrected chi connectivity index (χ2v) is 5.95. The van der Waals surface area contributed by atoms with Gasteiger partial charge in [-0.1, -0.05) is 32.0 Å². The second-order valence-electron chi connectivity index (χ2n) is 4.09. The van der Waals surface area contributed by atoms with Gasteiger partial charge >= 0.3 is 0 Å². The zero-order chi connectivity index (χ0) is 13.4. The predicted molar refractivity (Wildman–Crippen MR) is 77.6 cm³/mol. The second kappa shape index (κ2) is 8.27. The smallest absolute Gasteiger partial charge is 0.123 e. The zero-order valence-corrected chi connectivity index (χ0v) is 12.3. The average Bonchev–Trinajstić information content (AvgIpc) is 2.43. The monoisotopic (exact) mass is 269 g/mol. The van der Waals surface area contributed by atoms with E-state index in [1.807, 2.05) is 25.1 Å². The van der Waals surface area contributed by atoms with Crippen LogP contribution in [-0.4, -0.2) is 29.4 Å².